The largest absolute Gasteiger partial charge is 0.468 e. The van der Waals surface area contributed by atoms with Crippen LogP contribution in [0.1, 0.15) is 34.6 Å². The molecule has 118 valence electrons. The molecule has 1 heterocycles. The van der Waals surface area contributed by atoms with E-state index in [1.54, 1.807) is 0 Å². The fourth-order valence-electron chi connectivity index (χ4n) is 3.16. The van der Waals surface area contributed by atoms with Crippen molar-refractivity contribution in [1.29, 1.82) is 0 Å². The maximum Gasteiger partial charge on any atom is 0.327 e. The van der Waals surface area contributed by atoms with Crippen molar-refractivity contribution in [1.82, 2.24) is 15.1 Å². The molecule has 0 aromatic carbocycles. The van der Waals surface area contributed by atoms with Gasteiger partial charge in [-0.15, -0.1) is 0 Å². The van der Waals surface area contributed by atoms with E-state index in [-0.39, 0.29) is 12.0 Å². The molecule has 1 aliphatic rings. The second-order valence-corrected chi connectivity index (χ2v) is 6.34. The minimum atomic E-state index is -0.642. The monoisotopic (exact) mass is 285 g/mol. The number of carbonyl (C=O) groups excluding carboxylic acids is 1. The van der Waals surface area contributed by atoms with Crippen LogP contribution in [0.3, 0.4) is 0 Å². The van der Waals surface area contributed by atoms with Gasteiger partial charge in [-0.05, 0) is 34.2 Å². The van der Waals surface area contributed by atoms with Crippen LogP contribution < -0.4 is 5.32 Å². The van der Waals surface area contributed by atoms with Crippen LogP contribution in [0.2, 0.25) is 0 Å². The lowest BCUT2D eigenvalue weighted by molar-refractivity contribution is -0.149. The quantitative estimate of drug-likeness (QED) is 0.736. The second kappa shape index (κ2) is 7.38. The predicted octanol–water partition coefficient (Wildman–Crippen LogP) is 0.942. The Labute approximate surface area is 123 Å². The number of piperazine rings is 1. The smallest absolute Gasteiger partial charge is 0.327 e. The fourth-order valence-corrected chi connectivity index (χ4v) is 3.16. The molecule has 1 saturated heterocycles. The number of likely N-dealkylation sites (N-methyl/N-ethyl adjacent to an activating group) is 1. The molecular formula is C15H31N3O2. The van der Waals surface area contributed by atoms with Gasteiger partial charge in [0.2, 0.25) is 0 Å². The lowest BCUT2D eigenvalue weighted by atomic mass is 9.99. The van der Waals surface area contributed by atoms with Crippen LogP contribution in [0.4, 0.5) is 0 Å². The Balaban J connectivity index is 2.69. The molecule has 1 N–H and O–H groups in total. The summed E-state index contributed by atoms with van der Waals surface area (Å²) in [5.41, 5.74) is -0.642. The van der Waals surface area contributed by atoms with Gasteiger partial charge in [0.25, 0.3) is 0 Å². The number of esters is 1. The molecule has 0 aromatic heterocycles. The number of hydrogen-bond donors (Lipinski definition) is 1. The van der Waals surface area contributed by atoms with E-state index in [2.05, 4.69) is 42.8 Å². The van der Waals surface area contributed by atoms with Crippen molar-refractivity contribution < 1.29 is 9.53 Å². The Morgan fingerprint density at radius 1 is 1.45 bits per heavy atom. The molecule has 1 aliphatic heterocycles. The minimum Gasteiger partial charge on any atom is -0.468 e. The predicted molar refractivity (Wildman–Crippen MR) is 81.8 cm³/mol. The number of hydrogen-bond acceptors (Lipinski definition) is 5. The van der Waals surface area contributed by atoms with Crippen molar-refractivity contribution >= 4 is 5.97 Å². The highest BCUT2D eigenvalue weighted by atomic mass is 16.5. The van der Waals surface area contributed by atoms with Crippen LogP contribution in [0, 0.1) is 0 Å². The average Bonchev–Trinajstić information content (AvgIpc) is 2.36. The molecule has 0 radical (unpaired) electrons. The molecule has 0 amide bonds. The highest BCUT2D eigenvalue weighted by Crippen LogP contribution is 2.15. The van der Waals surface area contributed by atoms with Gasteiger partial charge >= 0.3 is 5.97 Å². The zero-order chi connectivity index (χ0) is 15.3. The molecule has 1 rings (SSSR count). The maximum absolute atomic E-state index is 12.1. The highest BCUT2D eigenvalue weighted by molar-refractivity contribution is 5.80. The number of nitrogens with one attached hydrogen (secondary N) is 1. The average molecular weight is 285 g/mol. The van der Waals surface area contributed by atoms with Gasteiger partial charge in [0.15, 0.2) is 0 Å². The molecule has 20 heavy (non-hydrogen) atoms. The van der Waals surface area contributed by atoms with Crippen LogP contribution >= 0.6 is 0 Å². The van der Waals surface area contributed by atoms with Gasteiger partial charge in [-0.2, -0.15) is 0 Å². The van der Waals surface area contributed by atoms with E-state index in [1.807, 2.05) is 6.92 Å². The van der Waals surface area contributed by atoms with Gasteiger partial charge in [0, 0.05) is 38.3 Å². The van der Waals surface area contributed by atoms with E-state index in [1.165, 1.54) is 7.11 Å². The molecule has 2 atom stereocenters. The van der Waals surface area contributed by atoms with Crippen LogP contribution in [-0.2, 0) is 9.53 Å². The van der Waals surface area contributed by atoms with Crippen LogP contribution in [0.25, 0.3) is 0 Å². The molecule has 1 fully saturated rings. The standard InChI is InChI=1S/C15H31N3O2/c1-7-18-9-8-17(10-13(18)4)11-15(5,14(19)20-6)16-12(2)3/h12-13,16H,7-11H2,1-6H3. The van der Waals surface area contributed by atoms with Gasteiger partial charge in [-0.3, -0.25) is 19.9 Å². The first kappa shape index (κ1) is 17.4. The summed E-state index contributed by atoms with van der Waals surface area (Å²) in [6, 6.07) is 0.781. The molecule has 2 unspecified atom stereocenters. The summed E-state index contributed by atoms with van der Waals surface area (Å²) < 4.78 is 4.99. The van der Waals surface area contributed by atoms with Gasteiger partial charge in [-0.1, -0.05) is 6.92 Å². The number of ether oxygens (including phenoxy) is 1. The number of rotatable bonds is 6. The Morgan fingerprint density at radius 2 is 2.10 bits per heavy atom. The van der Waals surface area contributed by atoms with Crippen LogP contribution in [0.15, 0.2) is 0 Å². The molecule has 0 aromatic rings. The van der Waals surface area contributed by atoms with Crippen LogP contribution in [0.5, 0.6) is 0 Å². The summed E-state index contributed by atoms with van der Waals surface area (Å²) in [4.78, 5) is 17.0. The van der Waals surface area contributed by atoms with E-state index < -0.39 is 5.54 Å². The summed E-state index contributed by atoms with van der Waals surface area (Å²) in [6.45, 7) is 15.4. The number of methoxy groups -OCH3 is 1. The third kappa shape index (κ3) is 4.43. The van der Waals surface area contributed by atoms with E-state index in [0.717, 1.165) is 26.2 Å². The Hall–Kier alpha value is -0.650. The summed E-state index contributed by atoms with van der Waals surface area (Å²) in [7, 11) is 1.46. The Morgan fingerprint density at radius 3 is 2.55 bits per heavy atom. The molecule has 5 nitrogen and oxygen atoms in total. The SMILES string of the molecule is CCN1CCN(CC(C)(NC(C)C)C(=O)OC)CC1C. The molecular weight excluding hydrogens is 254 g/mol. The first-order valence-electron chi connectivity index (χ1n) is 7.65. The number of carbonyl (C=O) groups is 1. The second-order valence-electron chi connectivity index (χ2n) is 6.34. The summed E-state index contributed by atoms with van der Waals surface area (Å²) in [5.74, 6) is -0.184. The van der Waals surface area contributed by atoms with Crippen molar-refractivity contribution in [2.75, 3.05) is 39.8 Å². The third-order valence-electron chi connectivity index (χ3n) is 4.04. The van der Waals surface area contributed by atoms with Gasteiger partial charge in [0.1, 0.15) is 5.54 Å². The fraction of sp³-hybridized carbons (Fsp3) is 0.933. The maximum atomic E-state index is 12.1. The van der Waals surface area contributed by atoms with Crippen molar-refractivity contribution in [3.63, 3.8) is 0 Å². The zero-order valence-corrected chi connectivity index (χ0v) is 13.9. The first-order chi connectivity index (χ1) is 9.32. The van der Waals surface area contributed by atoms with Crippen molar-refractivity contribution in [3.05, 3.63) is 0 Å². The van der Waals surface area contributed by atoms with Gasteiger partial charge in [-0.25, -0.2) is 0 Å². The third-order valence-corrected chi connectivity index (χ3v) is 4.04. The zero-order valence-electron chi connectivity index (χ0n) is 13.9. The van der Waals surface area contributed by atoms with Crippen molar-refractivity contribution in [2.24, 2.45) is 0 Å². The molecule has 0 spiro atoms. The summed E-state index contributed by atoms with van der Waals surface area (Å²) in [5, 5.41) is 3.36. The Kier molecular flexibility index (Phi) is 6.43. The van der Waals surface area contributed by atoms with Gasteiger partial charge in [0.05, 0.1) is 7.11 Å². The molecule has 0 aliphatic carbocycles. The first-order valence-corrected chi connectivity index (χ1v) is 7.65. The number of nitrogens with zero attached hydrogens (tertiary/aromatic N) is 2. The van der Waals surface area contributed by atoms with Gasteiger partial charge < -0.3 is 4.74 Å². The molecule has 0 saturated carbocycles. The van der Waals surface area contributed by atoms with Crippen LogP contribution in [-0.4, -0.2) is 73.2 Å². The van der Waals surface area contributed by atoms with Crippen molar-refractivity contribution in [2.45, 2.75) is 52.2 Å². The minimum absolute atomic E-state index is 0.184. The van der Waals surface area contributed by atoms with E-state index >= 15 is 0 Å². The summed E-state index contributed by atoms with van der Waals surface area (Å²) in [6.07, 6.45) is 0. The van der Waals surface area contributed by atoms with E-state index in [9.17, 15) is 4.79 Å². The van der Waals surface area contributed by atoms with E-state index in [0.29, 0.717) is 12.6 Å². The lowest BCUT2D eigenvalue weighted by Gasteiger charge is -2.43. The summed E-state index contributed by atoms with van der Waals surface area (Å²) >= 11 is 0. The Bertz CT molecular complexity index is 322. The molecule has 0 bridgehead atoms. The normalized spacial score (nSPS) is 24.6. The molecule has 5 heteroatoms. The topological polar surface area (TPSA) is 44.8 Å². The highest BCUT2D eigenvalue weighted by Gasteiger charge is 2.38. The van der Waals surface area contributed by atoms with Crippen molar-refractivity contribution in [3.8, 4) is 0 Å². The van der Waals surface area contributed by atoms with E-state index in [4.69, 9.17) is 4.74 Å². The lowest BCUT2D eigenvalue weighted by Crippen LogP contribution is -2.62.